The van der Waals surface area contributed by atoms with Crippen molar-refractivity contribution >= 4 is 72.4 Å². The first-order valence-electron chi connectivity index (χ1n) is 21.4. The molecule has 0 aliphatic rings. The van der Waals surface area contributed by atoms with Gasteiger partial charge in [-0.2, -0.15) is 15.0 Å². The lowest BCUT2D eigenvalue weighted by Gasteiger charge is -2.34. The maximum absolute atomic E-state index is 5.45. The first-order chi connectivity index (χ1) is 31.3. The van der Waals surface area contributed by atoms with Crippen LogP contribution in [0.2, 0.25) is 0 Å². The summed E-state index contributed by atoms with van der Waals surface area (Å²) in [4.78, 5) is 16.3. The second kappa shape index (κ2) is 15.1. The zero-order chi connectivity index (χ0) is 41.7. The normalized spacial score (nSPS) is 11.8. The van der Waals surface area contributed by atoms with Crippen LogP contribution in [0, 0.1) is 0 Å². The fourth-order valence-corrected chi connectivity index (χ4v) is 14.5. The molecule has 0 amide bonds. The van der Waals surface area contributed by atoms with Gasteiger partial charge in [0.2, 0.25) is 11.9 Å². The molecule has 0 aliphatic heterocycles. The Hall–Kier alpha value is -8.19. The second-order valence-corrected chi connectivity index (χ2v) is 19.8. The van der Waals surface area contributed by atoms with Crippen molar-refractivity contribution in [2.75, 3.05) is 0 Å². The van der Waals surface area contributed by atoms with Crippen LogP contribution in [-0.4, -0.2) is 32.2 Å². The average Bonchev–Trinajstić information content (AvgIpc) is 3.89. The van der Waals surface area contributed by atoms with Gasteiger partial charge in [0.1, 0.15) is 0 Å². The summed E-state index contributed by atoms with van der Waals surface area (Å²) in [7, 11) is -2.95. The van der Waals surface area contributed by atoms with Crippen LogP contribution in [0.3, 0.4) is 0 Å². The first-order valence-corrected chi connectivity index (χ1v) is 23.4. The quantitative estimate of drug-likeness (QED) is 0.113. The van der Waals surface area contributed by atoms with Crippen molar-refractivity contribution in [3.8, 4) is 34.4 Å². The topological polar surface area (TPSA) is 48.5 Å². The third-order valence-corrected chi connectivity index (χ3v) is 17.3. The van der Waals surface area contributed by atoms with Gasteiger partial charge >= 0.3 is 0 Å². The van der Waals surface area contributed by atoms with E-state index in [0.29, 0.717) is 17.7 Å². The summed E-state index contributed by atoms with van der Waals surface area (Å²) in [6.07, 6.45) is 0. The van der Waals surface area contributed by atoms with Crippen molar-refractivity contribution in [2.45, 2.75) is 0 Å². The predicted octanol–water partition coefficient (Wildman–Crippen LogP) is 10.8. The molecule has 0 saturated heterocycles. The highest BCUT2D eigenvalue weighted by Gasteiger charge is 2.41. The summed E-state index contributed by atoms with van der Waals surface area (Å²) in [6, 6.07) is 85.0. The molecule has 63 heavy (non-hydrogen) atoms. The highest BCUT2D eigenvalue weighted by molar-refractivity contribution is 7.19. The molecule has 0 unspecified atom stereocenters. The van der Waals surface area contributed by atoms with E-state index in [4.69, 9.17) is 15.0 Å². The van der Waals surface area contributed by atoms with Gasteiger partial charge in [0.25, 0.3) is 0 Å². The highest BCUT2D eigenvalue weighted by atomic mass is 28.3. The Morgan fingerprint density at radius 1 is 0.270 bits per heavy atom. The number of rotatable bonds is 8. The summed E-state index contributed by atoms with van der Waals surface area (Å²) in [6.45, 7) is 0. The fraction of sp³-hybridized carbons (Fsp3) is 0. The Kier molecular flexibility index (Phi) is 8.76. The Bertz CT molecular complexity index is 3340. The lowest BCUT2D eigenvalue weighted by atomic mass is 10.1. The molecule has 5 nitrogen and oxygen atoms in total. The average molecular weight is 822 g/mol. The van der Waals surface area contributed by atoms with Gasteiger partial charge in [-0.1, -0.05) is 212 Å². The van der Waals surface area contributed by atoms with Crippen LogP contribution in [0.15, 0.2) is 237 Å². The molecule has 0 aliphatic carbocycles. The zero-order valence-electron chi connectivity index (χ0n) is 34.3. The minimum absolute atomic E-state index is 0.561. The van der Waals surface area contributed by atoms with Crippen molar-refractivity contribution in [1.82, 2.24) is 24.1 Å². The van der Waals surface area contributed by atoms with Crippen LogP contribution in [0.25, 0.3) is 78.0 Å². The maximum Gasteiger partial charge on any atom is 0.240 e. The smallest absolute Gasteiger partial charge is 0.240 e. The number of aromatic nitrogens is 5. The maximum atomic E-state index is 5.45. The van der Waals surface area contributed by atoms with E-state index in [0.717, 1.165) is 49.2 Å². The minimum atomic E-state index is -2.95. The van der Waals surface area contributed by atoms with Gasteiger partial charge in [-0.05, 0) is 56.1 Å². The molecule has 12 aromatic rings. The fourth-order valence-electron chi connectivity index (χ4n) is 9.77. The largest absolute Gasteiger partial charge is 0.278 e. The van der Waals surface area contributed by atoms with Gasteiger partial charge in [-0.25, -0.2) is 0 Å². The number of fused-ring (bicyclic) bond motifs is 6. The lowest BCUT2D eigenvalue weighted by molar-refractivity contribution is 0.893. The van der Waals surface area contributed by atoms with E-state index >= 15 is 0 Å². The number of para-hydroxylation sites is 4. The van der Waals surface area contributed by atoms with Crippen molar-refractivity contribution in [3.05, 3.63) is 237 Å². The van der Waals surface area contributed by atoms with E-state index in [-0.39, 0.29) is 0 Å². The SMILES string of the molecule is c1ccc(-c2ccc([Si](c3ccccc3)(c3ccccc3)c3cccc(-c4nc(-n5c6ccccc6c6ccccc65)nc(-n5c6ccccc6c6ccccc65)n4)c3)cc2)cc1. The first kappa shape index (κ1) is 36.6. The number of hydrogen-bond donors (Lipinski definition) is 0. The second-order valence-electron chi connectivity index (χ2n) is 16.0. The van der Waals surface area contributed by atoms with Crippen molar-refractivity contribution in [2.24, 2.45) is 0 Å². The van der Waals surface area contributed by atoms with Gasteiger partial charge in [-0.15, -0.1) is 0 Å². The van der Waals surface area contributed by atoms with Gasteiger partial charge in [-0.3, -0.25) is 9.13 Å². The van der Waals surface area contributed by atoms with Gasteiger partial charge < -0.3 is 0 Å². The van der Waals surface area contributed by atoms with Gasteiger partial charge in [0.15, 0.2) is 13.9 Å². The summed E-state index contributed by atoms with van der Waals surface area (Å²) >= 11 is 0. The van der Waals surface area contributed by atoms with Crippen LogP contribution in [0.4, 0.5) is 0 Å². The summed E-state index contributed by atoms with van der Waals surface area (Å²) in [5.74, 6) is 1.72. The summed E-state index contributed by atoms with van der Waals surface area (Å²) in [5, 5.41) is 9.73. The summed E-state index contributed by atoms with van der Waals surface area (Å²) < 4.78 is 4.39. The van der Waals surface area contributed by atoms with Gasteiger partial charge in [0.05, 0.1) is 22.1 Å². The standard InChI is InChI=1S/C57H39N5Si/c1-4-19-40(20-5-1)41-35-37-45(38-36-41)63(43-22-6-2-7-23-43,44-24-8-3-9-25-44)46-26-18-21-42(39-46)55-58-56(61-51-31-14-10-27-47(51)48-28-11-15-32-52(48)61)60-57(59-55)62-53-33-16-12-29-49(53)50-30-13-17-34-54(50)62/h1-39H. The van der Waals surface area contributed by atoms with Crippen LogP contribution in [0.5, 0.6) is 0 Å². The Morgan fingerprint density at radius 3 is 1.08 bits per heavy atom. The molecule has 0 radical (unpaired) electrons. The van der Waals surface area contributed by atoms with Crippen LogP contribution in [-0.2, 0) is 0 Å². The van der Waals surface area contributed by atoms with Gasteiger partial charge in [0, 0.05) is 27.1 Å². The predicted molar refractivity (Wildman–Crippen MR) is 263 cm³/mol. The number of nitrogens with zero attached hydrogens (tertiary/aromatic N) is 5. The molecule has 0 spiro atoms. The summed E-state index contributed by atoms with van der Waals surface area (Å²) in [5.41, 5.74) is 7.46. The minimum Gasteiger partial charge on any atom is -0.278 e. The molecule has 6 heteroatoms. The van der Waals surface area contributed by atoms with E-state index in [1.54, 1.807) is 0 Å². The molecule has 12 rings (SSSR count). The third-order valence-electron chi connectivity index (χ3n) is 12.6. The molecular weight excluding hydrogens is 783 g/mol. The molecule has 0 N–H and O–H groups in total. The Morgan fingerprint density at radius 2 is 0.619 bits per heavy atom. The number of hydrogen-bond acceptors (Lipinski definition) is 3. The molecule has 0 fully saturated rings. The van der Waals surface area contributed by atoms with E-state index in [9.17, 15) is 0 Å². The molecule has 0 saturated carbocycles. The van der Waals surface area contributed by atoms with E-state index < -0.39 is 8.07 Å². The zero-order valence-corrected chi connectivity index (χ0v) is 35.3. The highest BCUT2D eigenvalue weighted by Crippen LogP contribution is 2.34. The molecule has 0 atom stereocenters. The Labute approximate surface area is 365 Å². The van der Waals surface area contributed by atoms with Crippen molar-refractivity contribution in [1.29, 1.82) is 0 Å². The lowest BCUT2D eigenvalue weighted by Crippen LogP contribution is -2.74. The number of benzene rings is 9. The molecule has 3 heterocycles. The molecule has 296 valence electrons. The monoisotopic (exact) mass is 821 g/mol. The van der Waals surface area contributed by atoms with Crippen LogP contribution in [0.1, 0.15) is 0 Å². The van der Waals surface area contributed by atoms with E-state index in [2.05, 4.69) is 246 Å². The molecular formula is C57H39N5Si. The van der Waals surface area contributed by atoms with E-state index in [1.807, 2.05) is 0 Å². The third kappa shape index (κ3) is 5.95. The van der Waals surface area contributed by atoms with Crippen LogP contribution < -0.4 is 20.7 Å². The molecule has 9 aromatic carbocycles. The molecule has 3 aromatic heterocycles. The van der Waals surface area contributed by atoms with E-state index in [1.165, 1.54) is 31.9 Å². The van der Waals surface area contributed by atoms with Crippen molar-refractivity contribution < 1.29 is 0 Å². The molecule has 0 bridgehead atoms. The van der Waals surface area contributed by atoms with Crippen LogP contribution >= 0.6 is 0 Å². The Balaban J connectivity index is 1.13. The van der Waals surface area contributed by atoms with Crippen molar-refractivity contribution in [3.63, 3.8) is 0 Å².